The maximum atomic E-state index is 4.42. The van der Waals surface area contributed by atoms with E-state index in [1.54, 1.807) is 11.3 Å². The van der Waals surface area contributed by atoms with Gasteiger partial charge < -0.3 is 5.32 Å². The lowest BCUT2D eigenvalue weighted by molar-refractivity contribution is 0.974. The average Bonchev–Trinajstić information content (AvgIpc) is 2.64. The standard InChI is InChI=1S/C12H15N3S/c1-9-4-3-5-11(14-9)13-7-6-12-15-10(2)8-16-12/h3-5,8H,6-7H2,1-2H3,(H,13,14). The summed E-state index contributed by atoms with van der Waals surface area (Å²) in [5.74, 6) is 0.938. The van der Waals surface area contributed by atoms with Crippen molar-refractivity contribution < 1.29 is 0 Å². The lowest BCUT2D eigenvalue weighted by Crippen LogP contribution is -2.06. The van der Waals surface area contributed by atoms with E-state index < -0.39 is 0 Å². The predicted molar refractivity (Wildman–Crippen MR) is 68.0 cm³/mol. The molecule has 2 rings (SSSR count). The van der Waals surface area contributed by atoms with E-state index in [0.29, 0.717) is 0 Å². The molecule has 0 aliphatic carbocycles. The molecule has 16 heavy (non-hydrogen) atoms. The van der Waals surface area contributed by atoms with Crippen LogP contribution in [0.3, 0.4) is 0 Å². The first-order valence-electron chi connectivity index (χ1n) is 5.32. The molecule has 0 aliphatic heterocycles. The second kappa shape index (κ2) is 5.07. The molecule has 0 aromatic carbocycles. The number of anilines is 1. The lowest BCUT2D eigenvalue weighted by Gasteiger charge is -2.04. The van der Waals surface area contributed by atoms with E-state index in [-0.39, 0.29) is 0 Å². The van der Waals surface area contributed by atoms with Gasteiger partial charge in [0.2, 0.25) is 0 Å². The Bertz CT molecular complexity index is 465. The molecule has 4 heteroatoms. The van der Waals surface area contributed by atoms with Gasteiger partial charge in [0.05, 0.1) is 5.01 Å². The number of aromatic nitrogens is 2. The van der Waals surface area contributed by atoms with Crippen molar-refractivity contribution >= 4 is 17.2 Å². The van der Waals surface area contributed by atoms with E-state index in [1.807, 2.05) is 32.0 Å². The fourth-order valence-electron chi connectivity index (χ4n) is 1.46. The molecular formula is C12H15N3S. The predicted octanol–water partition coefficient (Wildman–Crippen LogP) is 2.81. The van der Waals surface area contributed by atoms with Gasteiger partial charge in [0.25, 0.3) is 0 Å². The zero-order chi connectivity index (χ0) is 11.4. The van der Waals surface area contributed by atoms with Crippen molar-refractivity contribution in [2.45, 2.75) is 20.3 Å². The number of pyridine rings is 1. The first kappa shape index (κ1) is 11.1. The molecule has 84 valence electrons. The topological polar surface area (TPSA) is 37.8 Å². The fraction of sp³-hybridized carbons (Fsp3) is 0.333. The molecule has 0 spiro atoms. The summed E-state index contributed by atoms with van der Waals surface area (Å²) in [6, 6.07) is 5.99. The largest absolute Gasteiger partial charge is 0.370 e. The van der Waals surface area contributed by atoms with E-state index in [4.69, 9.17) is 0 Å². The molecule has 0 saturated heterocycles. The number of rotatable bonds is 4. The highest BCUT2D eigenvalue weighted by Gasteiger charge is 1.98. The first-order chi connectivity index (χ1) is 7.74. The van der Waals surface area contributed by atoms with E-state index in [0.717, 1.165) is 30.2 Å². The summed E-state index contributed by atoms with van der Waals surface area (Å²) in [4.78, 5) is 8.80. The van der Waals surface area contributed by atoms with Gasteiger partial charge in [-0.05, 0) is 26.0 Å². The van der Waals surface area contributed by atoms with E-state index in [2.05, 4.69) is 20.7 Å². The van der Waals surface area contributed by atoms with Crippen molar-refractivity contribution in [3.63, 3.8) is 0 Å². The molecule has 0 aliphatic rings. The summed E-state index contributed by atoms with van der Waals surface area (Å²) in [6.07, 6.45) is 0.953. The number of nitrogens with zero attached hydrogens (tertiary/aromatic N) is 2. The minimum Gasteiger partial charge on any atom is -0.370 e. The van der Waals surface area contributed by atoms with Gasteiger partial charge in [-0.15, -0.1) is 11.3 Å². The molecule has 0 amide bonds. The minimum absolute atomic E-state index is 0.878. The molecule has 0 atom stereocenters. The first-order valence-corrected chi connectivity index (χ1v) is 6.20. The van der Waals surface area contributed by atoms with Gasteiger partial charge in [-0.2, -0.15) is 0 Å². The second-order valence-corrected chi connectivity index (χ2v) is 4.67. The normalized spacial score (nSPS) is 10.4. The highest BCUT2D eigenvalue weighted by atomic mass is 32.1. The summed E-state index contributed by atoms with van der Waals surface area (Å²) in [6.45, 7) is 4.90. The van der Waals surface area contributed by atoms with Gasteiger partial charge >= 0.3 is 0 Å². The molecule has 1 N–H and O–H groups in total. The third-order valence-corrected chi connectivity index (χ3v) is 3.23. The van der Waals surface area contributed by atoms with Crippen LogP contribution >= 0.6 is 11.3 Å². The van der Waals surface area contributed by atoms with Crippen molar-refractivity contribution in [2.75, 3.05) is 11.9 Å². The molecule has 0 fully saturated rings. The smallest absolute Gasteiger partial charge is 0.126 e. The molecule has 2 aromatic heterocycles. The van der Waals surface area contributed by atoms with Gasteiger partial charge in [-0.3, -0.25) is 0 Å². The summed E-state index contributed by atoms with van der Waals surface area (Å²) in [7, 11) is 0. The Kier molecular flexibility index (Phi) is 3.51. The molecule has 0 radical (unpaired) electrons. The van der Waals surface area contributed by atoms with Crippen molar-refractivity contribution in [1.29, 1.82) is 0 Å². The third-order valence-electron chi connectivity index (χ3n) is 2.20. The molecule has 0 unspecified atom stereocenters. The zero-order valence-electron chi connectivity index (χ0n) is 9.53. The summed E-state index contributed by atoms with van der Waals surface area (Å²) in [5.41, 5.74) is 2.14. The van der Waals surface area contributed by atoms with Crippen LogP contribution in [0.5, 0.6) is 0 Å². The van der Waals surface area contributed by atoms with Crippen molar-refractivity contribution in [3.05, 3.63) is 40.0 Å². The van der Waals surface area contributed by atoms with Crippen LogP contribution in [0.15, 0.2) is 23.6 Å². The number of thiazole rings is 1. The van der Waals surface area contributed by atoms with Crippen molar-refractivity contribution in [1.82, 2.24) is 9.97 Å². The van der Waals surface area contributed by atoms with E-state index in [1.165, 1.54) is 5.01 Å². The SMILES string of the molecule is Cc1cccc(NCCc2nc(C)cs2)n1. The van der Waals surface area contributed by atoms with Crippen molar-refractivity contribution in [3.8, 4) is 0 Å². The monoisotopic (exact) mass is 233 g/mol. The molecule has 3 nitrogen and oxygen atoms in total. The number of aryl methyl sites for hydroxylation is 2. The lowest BCUT2D eigenvalue weighted by atomic mass is 10.3. The maximum absolute atomic E-state index is 4.42. The maximum Gasteiger partial charge on any atom is 0.126 e. The van der Waals surface area contributed by atoms with Crippen LogP contribution in [-0.2, 0) is 6.42 Å². The molecule has 2 aromatic rings. The number of hydrogen-bond donors (Lipinski definition) is 1. The third kappa shape index (κ3) is 3.03. The molecule has 2 heterocycles. The molecular weight excluding hydrogens is 218 g/mol. The molecule has 0 bridgehead atoms. The Morgan fingerprint density at radius 2 is 2.06 bits per heavy atom. The van der Waals surface area contributed by atoms with Gasteiger partial charge in [-0.25, -0.2) is 9.97 Å². The van der Waals surface area contributed by atoms with Gasteiger partial charge in [0.1, 0.15) is 5.82 Å². The van der Waals surface area contributed by atoms with Crippen LogP contribution in [-0.4, -0.2) is 16.5 Å². The average molecular weight is 233 g/mol. The summed E-state index contributed by atoms with van der Waals surface area (Å²) in [5, 5.41) is 6.56. The van der Waals surface area contributed by atoms with Gasteiger partial charge in [0, 0.05) is 29.7 Å². The Balaban J connectivity index is 1.84. The van der Waals surface area contributed by atoms with Crippen LogP contribution in [0.4, 0.5) is 5.82 Å². The van der Waals surface area contributed by atoms with Gasteiger partial charge in [-0.1, -0.05) is 6.07 Å². The zero-order valence-corrected chi connectivity index (χ0v) is 10.3. The van der Waals surface area contributed by atoms with Crippen molar-refractivity contribution in [2.24, 2.45) is 0 Å². The Morgan fingerprint density at radius 1 is 1.19 bits per heavy atom. The number of nitrogens with one attached hydrogen (secondary N) is 1. The Hall–Kier alpha value is -1.42. The summed E-state index contributed by atoms with van der Waals surface area (Å²) >= 11 is 1.72. The Labute approximate surface area is 99.6 Å². The van der Waals surface area contributed by atoms with E-state index >= 15 is 0 Å². The van der Waals surface area contributed by atoms with Crippen LogP contribution in [0.2, 0.25) is 0 Å². The highest BCUT2D eigenvalue weighted by molar-refractivity contribution is 7.09. The van der Waals surface area contributed by atoms with Crippen LogP contribution in [0.25, 0.3) is 0 Å². The molecule has 0 saturated carbocycles. The van der Waals surface area contributed by atoms with Crippen LogP contribution < -0.4 is 5.32 Å². The quantitative estimate of drug-likeness (QED) is 0.882. The Morgan fingerprint density at radius 3 is 2.75 bits per heavy atom. The number of hydrogen-bond acceptors (Lipinski definition) is 4. The fourth-order valence-corrected chi connectivity index (χ4v) is 2.23. The van der Waals surface area contributed by atoms with E-state index in [9.17, 15) is 0 Å². The van der Waals surface area contributed by atoms with Crippen LogP contribution in [0, 0.1) is 13.8 Å². The van der Waals surface area contributed by atoms with Gasteiger partial charge in [0.15, 0.2) is 0 Å². The van der Waals surface area contributed by atoms with Crippen LogP contribution in [0.1, 0.15) is 16.4 Å². The summed E-state index contributed by atoms with van der Waals surface area (Å²) < 4.78 is 0. The minimum atomic E-state index is 0.878. The highest BCUT2D eigenvalue weighted by Crippen LogP contribution is 2.10. The second-order valence-electron chi connectivity index (χ2n) is 3.72.